The average Bonchev–Trinajstić information content (AvgIpc) is 3.01. The van der Waals surface area contributed by atoms with Crippen LogP contribution in [0.5, 0.6) is 0 Å². The van der Waals surface area contributed by atoms with Crippen LogP contribution in [-0.2, 0) is 6.42 Å². The molecule has 0 amide bonds. The summed E-state index contributed by atoms with van der Waals surface area (Å²) in [4.78, 5) is 8.89. The zero-order valence-corrected chi connectivity index (χ0v) is 12.0. The Morgan fingerprint density at radius 1 is 1.37 bits per heavy atom. The van der Waals surface area contributed by atoms with E-state index in [2.05, 4.69) is 35.4 Å². The molecule has 0 unspecified atom stereocenters. The molecule has 0 radical (unpaired) electrons. The van der Waals surface area contributed by atoms with Crippen LogP contribution in [0.25, 0.3) is 10.4 Å². The number of aryl methyl sites for hydroxylation is 1. The van der Waals surface area contributed by atoms with Crippen molar-refractivity contribution >= 4 is 17.0 Å². The summed E-state index contributed by atoms with van der Waals surface area (Å²) in [6.45, 7) is 4.63. The lowest BCUT2D eigenvalue weighted by molar-refractivity contribution is 0.463. The van der Waals surface area contributed by atoms with Crippen LogP contribution < -0.4 is 4.90 Å². The molecule has 0 spiro atoms. The van der Waals surface area contributed by atoms with E-state index < -0.39 is 0 Å². The van der Waals surface area contributed by atoms with E-state index in [-0.39, 0.29) is 0 Å². The first-order valence-corrected chi connectivity index (χ1v) is 8.07. The van der Waals surface area contributed by atoms with E-state index in [1.807, 2.05) is 11.3 Å². The van der Waals surface area contributed by atoms with Crippen molar-refractivity contribution in [1.29, 1.82) is 0 Å². The fraction of sp³-hybridized carbons (Fsp3) is 0.438. The van der Waals surface area contributed by atoms with Gasteiger partial charge in [-0.1, -0.05) is 13.0 Å². The Labute approximate surface area is 118 Å². The molecule has 2 nitrogen and oxygen atoms in total. The minimum Gasteiger partial charge on any atom is -0.369 e. The van der Waals surface area contributed by atoms with Gasteiger partial charge in [0.2, 0.25) is 0 Å². The number of aromatic nitrogens is 1. The number of nitrogens with zero attached hydrogens (tertiary/aromatic N) is 2. The molecule has 3 aliphatic heterocycles. The van der Waals surface area contributed by atoms with Crippen LogP contribution in [0.2, 0.25) is 0 Å². The van der Waals surface area contributed by atoms with Crippen molar-refractivity contribution in [3.63, 3.8) is 0 Å². The van der Waals surface area contributed by atoms with Gasteiger partial charge in [-0.15, -0.1) is 11.3 Å². The predicted molar refractivity (Wildman–Crippen MR) is 81.1 cm³/mol. The molecule has 3 aliphatic rings. The van der Waals surface area contributed by atoms with Crippen LogP contribution in [-0.4, -0.2) is 18.1 Å². The highest BCUT2D eigenvalue weighted by Crippen LogP contribution is 2.47. The summed E-state index contributed by atoms with van der Waals surface area (Å²) >= 11 is 1.84. The third kappa shape index (κ3) is 1.71. The van der Waals surface area contributed by atoms with E-state index in [9.17, 15) is 0 Å². The second-order valence-electron chi connectivity index (χ2n) is 5.49. The van der Waals surface area contributed by atoms with E-state index in [1.54, 1.807) is 0 Å². The minimum absolute atomic E-state index is 0.699. The Bertz CT molecular complexity index is 595. The molecule has 2 aromatic rings. The number of thiophene rings is 1. The molecule has 5 rings (SSSR count). The topological polar surface area (TPSA) is 16.1 Å². The normalized spacial score (nSPS) is 17.8. The van der Waals surface area contributed by atoms with Crippen LogP contribution in [0.15, 0.2) is 23.6 Å². The van der Waals surface area contributed by atoms with E-state index in [4.69, 9.17) is 4.98 Å². The molecule has 2 aromatic heterocycles. The quantitative estimate of drug-likeness (QED) is 0.817. The second kappa shape index (κ2) is 4.34. The molecule has 0 N–H and O–H groups in total. The van der Waals surface area contributed by atoms with Gasteiger partial charge in [0.25, 0.3) is 0 Å². The zero-order valence-electron chi connectivity index (χ0n) is 11.2. The summed E-state index contributed by atoms with van der Waals surface area (Å²) in [5.74, 6) is 0.699. The number of anilines is 1. The summed E-state index contributed by atoms with van der Waals surface area (Å²) in [6.07, 6.45) is 3.60. The molecule has 1 saturated heterocycles. The maximum atomic E-state index is 4.95. The summed E-state index contributed by atoms with van der Waals surface area (Å²) in [5.41, 5.74) is 5.47. The number of piperidine rings is 1. The van der Waals surface area contributed by atoms with Gasteiger partial charge in [0, 0.05) is 35.1 Å². The Morgan fingerprint density at radius 3 is 2.89 bits per heavy atom. The van der Waals surface area contributed by atoms with Gasteiger partial charge in [-0.3, -0.25) is 4.98 Å². The van der Waals surface area contributed by atoms with Crippen molar-refractivity contribution in [2.45, 2.75) is 32.1 Å². The van der Waals surface area contributed by atoms with Crippen molar-refractivity contribution in [2.75, 3.05) is 18.0 Å². The molecule has 0 atom stereocenters. The monoisotopic (exact) mass is 270 g/mol. The smallest absolute Gasteiger partial charge is 0.0678 e. The Kier molecular flexibility index (Phi) is 2.62. The van der Waals surface area contributed by atoms with Crippen LogP contribution in [0.1, 0.15) is 37.1 Å². The van der Waals surface area contributed by atoms with E-state index >= 15 is 0 Å². The van der Waals surface area contributed by atoms with Crippen molar-refractivity contribution in [2.24, 2.45) is 0 Å². The van der Waals surface area contributed by atoms with Crippen molar-refractivity contribution in [3.05, 3.63) is 35.0 Å². The van der Waals surface area contributed by atoms with Gasteiger partial charge in [-0.05, 0) is 36.8 Å². The Balaban J connectivity index is 1.97. The number of rotatable bonds is 2. The average molecular weight is 270 g/mol. The van der Waals surface area contributed by atoms with Gasteiger partial charge < -0.3 is 4.90 Å². The molecule has 5 heterocycles. The molecule has 3 heteroatoms. The lowest BCUT2D eigenvalue weighted by atomic mass is 9.84. The molecular weight excluding hydrogens is 252 g/mol. The summed E-state index contributed by atoms with van der Waals surface area (Å²) in [6, 6.07) is 6.70. The van der Waals surface area contributed by atoms with Crippen LogP contribution >= 0.6 is 11.3 Å². The minimum atomic E-state index is 0.699. The van der Waals surface area contributed by atoms with Crippen molar-refractivity contribution < 1.29 is 0 Å². The first-order valence-electron chi connectivity index (χ1n) is 7.19. The maximum absolute atomic E-state index is 4.95. The molecule has 2 bridgehead atoms. The van der Waals surface area contributed by atoms with Crippen LogP contribution in [0.4, 0.5) is 5.69 Å². The van der Waals surface area contributed by atoms with Gasteiger partial charge in [0.15, 0.2) is 0 Å². The van der Waals surface area contributed by atoms with Crippen molar-refractivity contribution in [3.8, 4) is 10.4 Å². The second-order valence-corrected chi connectivity index (χ2v) is 6.43. The molecule has 0 saturated carbocycles. The highest BCUT2D eigenvalue weighted by atomic mass is 32.1. The fourth-order valence-electron chi connectivity index (χ4n) is 3.41. The van der Waals surface area contributed by atoms with Gasteiger partial charge in [0.05, 0.1) is 11.4 Å². The van der Waals surface area contributed by atoms with Gasteiger partial charge in [-0.2, -0.15) is 0 Å². The summed E-state index contributed by atoms with van der Waals surface area (Å²) in [7, 11) is 0. The highest BCUT2D eigenvalue weighted by Gasteiger charge is 2.34. The van der Waals surface area contributed by atoms with E-state index in [0.29, 0.717) is 5.92 Å². The molecule has 0 aromatic carbocycles. The van der Waals surface area contributed by atoms with E-state index in [1.165, 1.54) is 53.4 Å². The summed E-state index contributed by atoms with van der Waals surface area (Å²) in [5, 5.41) is 2.17. The fourth-order valence-corrected chi connectivity index (χ4v) is 4.15. The highest BCUT2D eigenvalue weighted by molar-refractivity contribution is 7.13. The van der Waals surface area contributed by atoms with Gasteiger partial charge >= 0.3 is 0 Å². The lowest BCUT2D eigenvalue weighted by Gasteiger charge is -2.42. The number of fused-ring (bicyclic) bond motifs is 2. The standard InChI is InChI=1S/C16H18N2S/c1-2-12-10-13(14-4-3-9-19-14)16-15(17-12)11-5-7-18(16)8-6-11/h3-4,9-11H,2,5-8H2,1H3. The number of hydrogen-bond donors (Lipinski definition) is 0. The molecule has 1 fully saturated rings. The van der Waals surface area contributed by atoms with Gasteiger partial charge in [-0.25, -0.2) is 0 Å². The van der Waals surface area contributed by atoms with Crippen LogP contribution in [0, 0.1) is 0 Å². The van der Waals surface area contributed by atoms with Crippen molar-refractivity contribution in [1.82, 2.24) is 4.98 Å². The Morgan fingerprint density at radius 2 is 2.21 bits per heavy atom. The molecule has 19 heavy (non-hydrogen) atoms. The molecule has 0 aliphatic carbocycles. The molecular formula is C16H18N2S. The molecule has 98 valence electrons. The first-order chi connectivity index (χ1) is 9.36. The number of pyridine rings is 1. The maximum Gasteiger partial charge on any atom is 0.0678 e. The first kappa shape index (κ1) is 11.5. The third-order valence-corrected chi connectivity index (χ3v) is 5.32. The SMILES string of the molecule is CCc1cc(-c2cccs2)c2c(n1)C1CCN2CC1. The summed E-state index contributed by atoms with van der Waals surface area (Å²) < 4.78 is 0. The van der Waals surface area contributed by atoms with Crippen LogP contribution in [0.3, 0.4) is 0 Å². The zero-order chi connectivity index (χ0) is 12.8. The number of hydrogen-bond acceptors (Lipinski definition) is 3. The lowest BCUT2D eigenvalue weighted by Crippen LogP contribution is -2.39. The Hall–Kier alpha value is -1.35. The largest absolute Gasteiger partial charge is 0.369 e. The van der Waals surface area contributed by atoms with E-state index in [0.717, 1.165) is 6.42 Å². The third-order valence-electron chi connectivity index (χ3n) is 4.42. The predicted octanol–water partition coefficient (Wildman–Crippen LogP) is 4.07. The van der Waals surface area contributed by atoms with Gasteiger partial charge in [0.1, 0.15) is 0 Å².